The van der Waals surface area contributed by atoms with E-state index in [1.165, 1.54) is 6.07 Å². The summed E-state index contributed by atoms with van der Waals surface area (Å²) < 4.78 is 15.2. The second-order valence-corrected chi connectivity index (χ2v) is 3.52. The van der Waals surface area contributed by atoms with Gasteiger partial charge in [0.05, 0.1) is 18.0 Å². The zero-order chi connectivity index (χ0) is 10.4. The number of rotatable bonds is 0. The molecular weight excluding hydrogens is 217 g/mol. The highest BCUT2D eigenvalue weighted by Gasteiger charge is 2.09. The first kappa shape index (κ1) is 8.61. The number of aromatic nitrogens is 3. The maximum absolute atomic E-state index is 13.4. The number of halogens is 2. The molecule has 0 radical (unpaired) electrons. The Kier molecular flexibility index (Phi) is 1.67. The van der Waals surface area contributed by atoms with Crippen molar-refractivity contribution in [2.75, 3.05) is 0 Å². The van der Waals surface area contributed by atoms with Crippen molar-refractivity contribution < 1.29 is 4.39 Å². The molecule has 15 heavy (non-hydrogen) atoms. The predicted molar refractivity (Wildman–Crippen MR) is 55.5 cm³/mol. The predicted octanol–water partition coefficient (Wildman–Crippen LogP) is 2.68. The molecule has 0 saturated carbocycles. The number of benzene rings is 1. The second kappa shape index (κ2) is 2.90. The van der Waals surface area contributed by atoms with Crippen molar-refractivity contribution >= 4 is 28.2 Å². The number of imidazole rings is 1. The standard InChI is InChI=1S/C10H5ClFN3/c11-10-8-4-13-5-15(8)7-3-1-2-6(12)9(7)14-10/h1-5H. The SMILES string of the molecule is Fc1cccc2c1nc(Cl)c1cncn12. The first-order chi connectivity index (χ1) is 7.27. The van der Waals surface area contributed by atoms with Crippen molar-refractivity contribution in [2.45, 2.75) is 0 Å². The van der Waals surface area contributed by atoms with Gasteiger partial charge in [-0.05, 0) is 12.1 Å². The van der Waals surface area contributed by atoms with Gasteiger partial charge in [-0.25, -0.2) is 14.4 Å². The topological polar surface area (TPSA) is 30.2 Å². The lowest BCUT2D eigenvalue weighted by atomic mass is 10.3. The average Bonchev–Trinajstić information content (AvgIpc) is 2.69. The molecule has 0 saturated heterocycles. The summed E-state index contributed by atoms with van der Waals surface area (Å²) in [6.07, 6.45) is 3.18. The van der Waals surface area contributed by atoms with E-state index >= 15 is 0 Å². The number of fused-ring (bicyclic) bond motifs is 3. The van der Waals surface area contributed by atoms with Crippen LogP contribution in [0.15, 0.2) is 30.7 Å². The molecule has 5 heteroatoms. The molecule has 0 aliphatic heterocycles. The summed E-state index contributed by atoms with van der Waals surface area (Å²) in [6, 6.07) is 4.76. The highest BCUT2D eigenvalue weighted by Crippen LogP contribution is 2.22. The Morgan fingerprint density at radius 3 is 3.00 bits per heavy atom. The lowest BCUT2D eigenvalue weighted by Gasteiger charge is -2.03. The normalized spacial score (nSPS) is 11.3. The van der Waals surface area contributed by atoms with Crippen LogP contribution in [0.25, 0.3) is 16.6 Å². The molecule has 3 aromatic rings. The Labute approximate surface area is 89.1 Å². The van der Waals surface area contributed by atoms with Gasteiger partial charge in [-0.3, -0.25) is 4.40 Å². The minimum atomic E-state index is -0.384. The van der Waals surface area contributed by atoms with Crippen LogP contribution in [0, 0.1) is 5.82 Å². The molecule has 0 bridgehead atoms. The summed E-state index contributed by atoms with van der Waals surface area (Å²) in [4.78, 5) is 7.96. The van der Waals surface area contributed by atoms with Crippen molar-refractivity contribution in [3.05, 3.63) is 41.7 Å². The van der Waals surface area contributed by atoms with Gasteiger partial charge < -0.3 is 0 Å². The molecule has 0 amide bonds. The van der Waals surface area contributed by atoms with Crippen LogP contribution in [-0.4, -0.2) is 14.4 Å². The molecule has 1 aromatic carbocycles. The minimum Gasteiger partial charge on any atom is -0.294 e. The molecule has 2 heterocycles. The van der Waals surface area contributed by atoms with Crippen LogP contribution in [0.5, 0.6) is 0 Å². The van der Waals surface area contributed by atoms with E-state index in [-0.39, 0.29) is 16.5 Å². The smallest absolute Gasteiger partial charge is 0.155 e. The second-order valence-electron chi connectivity index (χ2n) is 3.16. The minimum absolute atomic E-state index is 0.255. The van der Waals surface area contributed by atoms with Crippen molar-refractivity contribution in [2.24, 2.45) is 0 Å². The fourth-order valence-electron chi connectivity index (χ4n) is 1.60. The van der Waals surface area contributed by atoms with Gasteiger partial charge in [0.2, 0.25) is 0 Å². The van der Waals surface area contributed by atoms with Crippen LogP contribution < -0.4 is 0 Å². The Hall–Kier alpha value is -1.68. The van der Waals surface area contributed by atoms with E-state index in [0.29, 0.717) is 11.0 Å². The highest BCUT2D eigenvalue weighted by molar-refractivity contribution is 6.33. The van der Waals surface area contributed by atoms with Gasteiger partial charge in [0.15, 0.2) is 11.0 Å². The van der Waals surface area contributed by atoms with E-state index in [9.17, 15) is 4.39 Å². The average molecular weight is 222 g/mol. The molecule has 0 spiro atoms. The Balaban J connectivity index is 2.66. The van der Waals surface area contributed by atoms with Crippen molar-refractivity contribution in [3.8, 4) is 0 Å². The molecule has 74 valence electrons. The van der Waals surface area contributed by atoms with E-state index in [1.54, 1.807) is 29.1 Å². The van der Waals surface area contributed by atoms with Gasteiger partial charge in [0, 0.05) is 0 Å². The Bertz CT molecular complexity index is 662. The molecule has 0 atom stereocenters. The third-order valence-electron chi connectivity index (χ3n) is 2.28. The third kappa shape index (κ3) is 1.11. The number of hydrogen-bond donors (Lipinski definition) is 0. The third-order valence-corrected chi connectivity index (χ3v) is 2.56. The van der Waals surface area contributed by atoms with Crippen molar-refractivity contribution in [1.29, 1.82) is 0 Å². The van der Waals surface area contributed by atoms with Crippen LogP contribution >= 0.6 is 11.6 Å². The van der Waals surface area contributed by atoms with Gasteiger partial charge in [0.1, 0.15) is 11.0 Å². The van der Waals surface area contributed by atoms with Crippen LogP contribution in [-0.2, 0) is 0 Å². The molecule has 3 nitrogen and oxygen atoms in total. The van der Waals surface area contributed by atoms with Gasteiger partial charge in [-0.1, -0.05) is 17.7 Å². The molecule has 0 unspecified atom stereocenters. The summed E-state index contributed by atoms with van der Waals surface area (Å²) >= 11 is 5.91. The maximum atomic E-state index is 13.4. The summed E-state index contributed by atoms with van der Waals surface area (Å²) in [5.41, 5.74) is 1.59. The van der Waals surface area contributed by atoms with E-state index in [2.05, 4.69) is 9.97 Å². The van der Waals surface area contributed by atoms with Gasteiger partial charge in [-0.2, -0.15) is 0 Å². The zero-order valence-electron chi connectivity index (χ0n) is 7.48. The van der Waals surface area contributed by atoms with Gasteiger partial charge >= 0.3 is 0 Å². The first-order valence-electron chi connectivity index (χ1n) is 4.33. The summed E-state index contributed by atoms with van der Waals surface area (Å²) in [6.45, 7) is 0. The van der Waals surface area contributed by atoms with Gasteiger partial charge in [-0.15, -0.1) is 0 Å². The largest absolute Gasteiger partial charge is 0.294 e. The molecule has 2 aromatic heterocycles. The van der Waals surface area contributed by atoms with Crippen LogP contribution in [0.3, 0.4) is 0 Å². The van der Waals surface area contributed by atoms with E-state index in [0.717, 1.165) is 0 Å². The fraction of sp³-hybridized carbons (Fsp3) is 0. The summed E-state index contributed by atoms with van der Waals surface area (Å²) in [5.74, 6) is -0.384. The van der Waals surface area contributed by atoms with E-state index in [4.69, 9.17) is 11.6 Å². The van der Waals surface area contributed by atoms with Crippen LogP contribution in [0.1, 0.15) is 0 Å². The molecule has 0 N–H and O–H groups in total. The highest BCUT2D eigenvalue weighted by atomic mass is 35.5. The number of nitrogens with zero attached hydrogens (tertiary/aromatic N) is 3. The molecule has 0 fully saturated rings. The van der Waals surface area contributed by atoms with E-state index in [1.807, 2.05) is 0 Å². The fourth-order valence-corrected chi connectivity index (χ4v) is 1.83. The lowest BCUT2D eigenvalue weighted by molar-refractivity contribution is 0.636. The van der Waals surface area contributed by atoms with Crippen molar-refractivity contribution in [1.82, 2.24) is 14.4 Å². The quantitative estimate of drug-likeness (QED) is 0.584. The number of hydrogen-bond acceptors (Lipinski definition) is 2. The van der Waals surface area contributed by atoms with E-state index < -0.39 is 0 Å². The maximum Gasteiger partial charge on any atom is 0.155 e. The monoisotopic (exact) mass is 221 g/mol. The molecule has 0 aliphatic carbocycles. The molecule has 0 aliphatic rings. The van der Waals surface area contributed by atoms with Crippen molar-refractivity contribution in [3.63, 3.8) is 0 Å². The Morgan fingerprint density at radius 2 is 2.13 bits per heavy atom. The lowest BCUT2D eigenvalue weighted by Crippen LogP contribution is -1.93. The molecular formula is C10H5ClFN3. The first-order valence-corrected chi connectivity index (χ1v) is 4.71. The Morgan fingerprint density at radius 1 is 1.27 bits per heavy atom. The van der Waals surface area contributed by atoms with Crippen LogP contribution in [0.2, 0.25) is 5.15 Å². The summed E-state index contributed by atoms with van der Waals surface area (Å²) in [7, 11) is 0. The van der Waals surface area contributed by atoms with Gasteiger partial charge in [0.25, 0.3) is 0 Å². The summed E-state index contributed by atoms with van der Waals surface area (Å²) in [5, 5.41) is 0.255. The van der Waals surface area contributed by atoms with Crippen LogP contribution in [0.4, 0.5) is 4.39 Å². The number of para-hydroxylation sites is 1. The zero-order valence-corrected chi connectivity index (χ0v) is 8.24. The molecule has 3 rings (SSSR count).